The first-order valence-electron chi connectivity index (χ1n) is 10.3. The molecule has 6 heteroatoms. The molecule has 158 valence electrons. The maximum atomic E-state index is 12.6. The molecule has 0 radical (unpaired) electrons. The van der Waals surface area contributed by atoms with E-state index in [1.807, 2.05) is 54.6 Å². The molecule has 4 aromatic rings. The Morgan fingerprint density at radius 1 is 0.844 bits per heavy atom. The Labute approximate surface area is 186 Å². The molecule has 2 N–H and O–H groups in total. The van der Waals surface area contributed by atoms with Crippen molar-refractivity contribution in [3.05, 3.63) is 108 Å². The van der Waals surface area contributed by atoms with Crippen LogP contribution in [0.3, 0.4) is 0 Å². The van der Waals surface area contributed by atoms with Gasteiger partial charge in [-0.1, -0.05) is 54.6 Å². The summed E-state index contributed by atoms with van der Waals surface area (Å²) in [4.78, 5) is 33.9. The number of fused-ring (bicyclic) bond motifs is 1. The minimum Gasteiger partial charge on any atom is -0.352 e. The number of aromatic nitrogens is 2. The number of anilines is 1. The first kappa shape index (κ1) is 20.9. The quantitative estimate of drug-likeness (QED) is 0.436. The molecule has 0 saturated heterocycles. The zero-order valence-electron chi connectivity index (χ0n) is 17.4. The van der Waals surface area contributed by atoms with Gasteiger partial charge in [-0.3, -0.25) is 14.6 Å². The highest BCUT2D eigenvalue weighted by Crippen LogP contribution is 2.15. The summed E-state index contributed by atoms with van der Waals surface area (Å²) in [7, 11) is 0. The molecule has 0 aliphatic rings. The fraction of sp³-hybridized carbons (Fsp3) is 0.0769. The van der Waals surface area contributed by atoms with Crippen molar-refractivity contribution in [2.45, 2.75) is 6.42 Å². The van der Waals surface area contributed by atoms with E-state index in [1.54, 1.807) is 36.5 Å². The van der Waals surface area contributed by atoms with Crippen LogP contribution in [0.15, 0.2) is 91.1 Å². The van der Waals surface area contributed by atoms with E-state index < -0.39 is 0 Å². The predicted molar refractivity (Wildman–Crippen MR) is 126 cm³/mol. The Hall–Kier alpha value is -4.32. The lowest BCUT2D eigenvalue weighted by Gasteiger charge is -2.10. The summed E-state index contributed by atoms with van der Waals surface area (Å²) < 4.78 is 0. The third-order valence-electron chi connectivity index (χ3n) is 4.84. The fourth-order valence-corrected chi connectivity index (χ4v) is 3.24. The van der Waals surface area contributed by atoms with Gasteiger partial charge in [-0.05, 0) is 42.3 Å². The summed E-state index contributed by atoms with van der Waals surface area (Å²) in [6.07, 6.45) is 5.32. The largest absolute Gasteiger partial charge is 0.352 e. The number of amides is 2. The fourth-order valence-electron chi connectivity index (χ4n) is 3.24. The van der Waals surface area contributed by atoms with E-state index in [0.29, 0.717) is 23.5 Å². The second-order valence-electron chi connectivity index (χ2n) is 7.14. The van der Waals surface area contributed by atoms with Gasteiger partial charge in [0.05, 0.1) is 34.2 Å². The highest BCUT2D eigenvalue weighted by Gasteiger charge is 2.12. The second kappa shape index (κ2) is 10.1. The Balaban J connectivity index is 1.38. The molecule has 6 nitrogen and oxygen atoms in total. The van der Waals surface area contributed by atoms with Crippen LogP contribution >= 0.6 is 0 Å². The molecule has 32 heavy (non-hydrogen) atoms. The third-order valence-corrected chi connectivity index (χ3v) is 4.84. The summed E-state index contributed by atoms with van der Waals surface area (Å²) in [5.41, 5.74) is 4.13. The van der Waals surface area contributed by atoms with E-state index in [-0.39, 0.29) is 11.8 Å². The van der Waals surface area contributed by atoms with E-state index in [1.165, 1.54) is 6.08 Å². The van der Waals surface area contributed by atoms with Gasteiger partial charge in [0.1, 0.15) is 0 Å². The lowest BCUT2D eigenvalue weighted by atomic mass is 10.1. The molecule has 0 fully saturated rings. The van der Waals surface area contributed by atoms with Crippen LogP contribution in [0.5, 0.6) is 0 Å². The van der Waals surface area contributed by atoms with Crippen molar-refractivity contribution in [1.82, 2.24) is 15.3 Å². The molecule has 0 atom stereocenters. The van der Waals surface area contributed by atoms with Gasteiger partial charge >= 0.3 is 0 Å². The van der Waals surface area contributed by atoms with Crippen LogP contribution in [-0.2, 0) is 11.2 Å². The van der Waals surface area contributed by atoms with Crippen LogP contribution in [-0.4, -0.2) is 28.3 Å². The van der Waals surface area contributed by atoms with Gasteiger partial charge in [-0.15, -0.1) is 0 Å². The maximum absolute atomic E-state index is 12.6. The summed E-state index contributed by atoms with van der Waals surface area (Å²) in [6, 6.07) is 24.4. The molecule has 0 unspecified atom stereocenters. The maximum Gasteiger partial charge on any atom is 0.253 e. The number of rotatable bonds is 7. The molecule has 0 bridgehead atoms. The number of benzene rings is 3. The number of hydrogen-bond acceptors (Lipinski definition) is 4. The van der Waals surface area contributed by atoms with Crippen LogP contribution in [0.2, 0.25) is 0 Å². The van der Waals surface area contributed by atoms with Crippen molar-refractivity contribution in [3.8, 4) is 0 Å². The Morgan fingerprint density at radius 3 is 2.41 bits per heavy atom. The molecule has 0 aliphatic carbocycles. The SMILES string of the molecule is O=C(/C=C/c1cnc2ccccc2n1)Nc1ccccc1C(=O)NCCc1ccccc1. The van der Waals surface area contributed by atoms with E-state index in [4.69, 9.17) is 0 Å². The lowest BCUT2D eigenvalue weighted by Crippen LogP contribution is -2.27. The lowest BCUT2D eigenvalue weighted by molar-refractivity contribution is -0.111. The zero-order valence-corrected chi connectivity index (χ0v) is 17.4. The second-order valence-corrected chi connectivity index (χ2v) is 7.14. The Bertz CT molecular complexity index is 1270. The average Bonchev–Trinajstić information content (AvgIpc) is 2.83. The van der Waals surface area contributed by atoms with Gasteiger partial charge in [0, 0.05) is 12.6 Å². The van der Waals surface area contributed by atoms with Gasteiger partial charge < -0.3 is 10.6 Å². The van der Waals surface area contributed by atoms with Crippen LogP contribution in [0.1, 0.15) is 21.6 Å². The molecule has 1 heterocycles. The van der Waals surface area contributed by atoms with Gasteiger partial charge in [0.25, 0.3) is 5.91 Å². The molecular weight excluding hydrogens is 400 g/mol. The predicted octanol–water partition coefficient (Wildman–Crippen LogP) is 4.25. The minimum absolute atomic E-state index is 0.235. The van der Waals surface area contributed by atoms with Gasteiger partial charge in [-0.2, -0.15) is 0 Å². The van der Waals surface area contributed by atoms with E-state index in [0.717, 1.165) is 23.0 Å². The minimum atomic E-state index is -0.357. The summed E-state index contributed by atoms with van der Waals surface area (Å²) >= 11 is 0. The number of carbonyl (C=O) groups is 2. The number of nitrogens with one attached hydrogen (secondary N) is 2. The van der Waals surface area contributed by atoms with Gasteiger partial charge in [0.15, 0.2) is 0 Å². The van der Waals surface area contributed by atoms with Crippen LogP contribution in [0.4, 0.5) is 5.69 Å². The monoisotopic (exact) mass is 422 g/mol. The van der Waals surface area contributed by atoms with Gasteiger partial charge in [0.2, 0.25) is 5.91 Å². The molecule has 0 aliphatic heterocycles. The Kier molecular flexibility index (Phi) is 6.63. The van der Waals surface area contributed by atoms with E-state index >= 15 is 0 Å². The number of para-hydroxylation sites is 3. The molecular formula is C26H22N4O2. The number of nitrogens with zero attached hydrogens (tertiary/aromatic N) is 2. The molecule has 4 rings (SSSR count). The van der Waals surface area contributed by atoms with Crippen molar-refractivity contribution in [2.75, 3.05) is 11.9 Å². The molecule has 0 saturated carbocycles. The van der Waals surface area contributed by atoms with Crippen molar-refractivity contribution in [1.29, 1.82) is 0 Å². The standard InChI is InChI=1S/C26H22N4O2/c31-25(15-14-20-18-28-23-12-6-7-13-24(23)29-20)30-22-11-5-4-10-21(22)26(32)27-17-16-19-8-2-1-3-9-19/h1-15,18H,16-17H2,(H,27,32)(H,30,31)/b15-14+. The number of hydrogen-bond donors (Lipinski definition) is 2. The number of carbonyl (C=O) groups excluding carboxylic acids is 2. The summed E-state index contributed by atoms with van der Waals surface area (Å²) in [6.45, 7) is 0.506. The van der Waals surface area contributed by atoms with E-state index in [9.17, 15) is 9.59 Å². The summed E-state index contributed by atoms with van der Waals surface area (Å²) in [5, 5.41) is 5.68. The van der Waals surface area contributed by atoms with E-state index in [2.05, 4.69) is 20.6 Å². The normalized spacial score (nSPS) is 10.9. The average molecular weight is 422 g/mol. The smallest absolute Gasteiger partial charge is 0.253 e. The van der Waals surface area contributed by atoms with Crippen LogP contribution in [0.25, 0.3) is 17.1 Å². The highest BCUT2D eigenvalue weighted by molar-refractivity contribution is 6.07. The molecule has 0 spiro atoms. The van der Waals surface area contributed by atoms with Gasteiger partial charge in [-0.25, -0.2) is 4.98 Å². The Morgan fingerprint density at radius 2 is 1.56 bits per heavy atom. The molecule has 2 amide bonds. The zero-order chi connectivity index (χ0) is 22.2. The van der Waals surface area contributed by atoms with Crippen LogP contribution < -0.4 is 10.6 Å². The molecule has 1 aromatic heterocycles. The highest BCUT2D eigenvalue weighted by atomic mass is 16.2. The topological polar surface area (TPSA) is 84.0 Å². The van der Waals surface area contributed by atoms with Crippen molar-refractivity contribution >= 4 is 34.6 Å². The third kappa shape index (κ3) is 5.43. The molecule has 3 aromatic carbocycles. The van der Waals surface area contributed by atoms with Crippen molar-refractivity contribution in [2.24, 2.45) is 0 Å². The van der Waals surface area contributed by atoms with Crippen molar-refractivity contribution < 1.29 is 9.59 Å². The summed E-state index contributed by atoms with van der Waals surface area (Å²) in [5.74, 6) is -0.592. The first-order chi connectivity index (χ1) is 15.7. The first-order valence-corrected chi connectivity index (χ1v) is 10.3. The van der Waals surface area contributed by atoms with Crippen molar-refractivity contribution in [3.63, 3.8) is 0 Å². The van der Waals surface area contributed by atoms with Crippen LogP contribution in [0, 0.1) is 0 Å².